The van der Waals surface area contributed by atoms with E-state index in [2.05, 4.69) is 26.1 Å². The molecular weight excluding hydrogens is 669 g/mol. The van der Waals surface area contributed by atoms with Crippen LogP contribution < -0.4 is 4.74 Å². The summed E-state index contributed by atoms with van der Waals surface area (Å²) < 4.78 is 79.9. The molecule has 1 saturated heterocycles. The number of halogens is 4. The highest BCUT2D eigenvalue weighted by atomic mass is 35.5. The van der Waals surface area contributed by atoms with Gasteiger partial charge in [0.05, 0.1) is 51.6 Å². The standard InChI is InChI=1S/C34H39ClF3N4O3S2/c1-34(2,23-7-12-29(37)31(15-23)45-6)32-18-39-33(41(32)25-10-8-24(36)9-11-25)46-21-27-28(35)16-26(17-30(27)38)47(43,44)40-14-13-22(19-40)20-42(3,4)5/h7-12,15-18,22H,13-14,19-21H2,1-6H3/q+1/t22-/m1/s1. The van der Waals surface area contributed by atoms with Crippen LogP contribution in [0.1, 0.15) is 37.1 Å². The molecule has 4 aromatic rings. The molecule has 13 heteroatoms. The third kappa shape index (κ3) is 7.51. The van der Waals surface area contributed by atoms with Crippen molar-refractivity contribution in [3.8, 4) is 11.4 Å². The number of sulfonamides is 1. The molecule has 252 valence electrons. The molecule has 0 radical (unpaired) electrons. The quantitative estimate of drug-likeness (QED) is 0.121. The van der Waals surface area contributed by atoms with Crippen LogP contribution in [-0.4, -0.2) is 74.6 Å². The smallest absolute Gasteiger partial charge is 0.243 e. The summed E-state index contributed by atoms with van der Waals surface area (Å²) in [4.78, 5) is 4.47. The van der Waals surface area contributed by atoms with Crippen LogP contribution in [0.25, 0.3) is 5.69 Å². The molecule has 1 aromatic heterocycles. The summed E-state index contributed by atoms with van der Waals surface area (Å²) >= 11 is 7.75. The van der Waals surface area contributed by atoms with Crippen molar-refractivity contribution < 1.29 is 30.8 Å². The average Bonchev–Trinajstić information content (AvgIpc) is 3.64. The van der Waals surface area contributed by atoms with Crippen LogP contribution in [0, 0.1) is 23.4 Å². The molecule has 1 aliphatic heterocycles. The summed E-state index contributed by atoms with van der Waals surface area (Å²) in [6.45, 7) is 5.49. The van der Waals surface area contributed by atoms with E-state index < -0.39 is 32.9 Å². The Hall–Kier alpha value is -3.03. The highest BCUT2D eigenvalue weighted by Crippen LogP contribution is 2.39. The lowest BCUT2D eigenvalue weighted by Crippen LogP contribution is -2.40. The van der Waals surface area contributed by atoms with Crippen LogP contribution in [0.2, 0.25) is 5.02 Å². The van der Waals surface area contributed by atoms with Crippen LogP contribution in [0.5, 0.6) is 5.75 Å². The first-order chi connectivity index (χ1) is 22.0. The van der Waals surface area contributed by atoms with Gasteiger partial charge in [0.15, 0.2) is 16.7 Å². The molecule has 0 unspecified atom stereocenters. The number of ether oxygens (including phenoxy) is 1. The van der Waals surface area contributed by atoms with Crippen LogP contribution >= 0.6 is 23.4 Å². The van der Waals surface area contributed by atoms with Gasteiger partial charge in [-0.1, -0.05) is 43.3 Å². The number of aromatic nitrogens is 2. The highest BCUT2D eigenvalue weighted by Gasteiger charge is 2.36. The molecular formula is C34H39ClF3N4O3S2+. The van der Waals surface area contributed by atoms with Crippen molar-refractivity contribution in [2.75, 3.05) is 47.9 Å². The van der Waals surface area contributed by atoms with Gasteiger partial charge < -0.3 is 9.22 Å². The van der Waals surface area contributed by atoms with E-state index in [-0.39, 0.29) is 32.9 Å². The summed E-state index contributed by atoms with van der Waals surface area (Å²) in [5.74, 6) is -1.27. The van der Waals surface area contributed by atoms with Gasteiger partial charge >= 0.3 is 0 Å². The second-order valence-corrected chi connectivity index (χ2v) is 16.6. The fraction of sp³-hybridized carbons (Fsp3) is 0.382. The lowest BCUT2D eigenvalue weighted by Gasteiger charge is -2.28. The van der Waals surface area contributed by atoms with Crippen molar-refractivity contribution in [3.05, 3.63) is 100 Å². The van der Waals surface area contributed by atoms with Crippen molar-refractivity contribution in [3.63, 3.8) is 0 Å². The van der Waals surface area contributed by atoms with Crippen molar-refractivity contribution in [1.82, 2.24) is 13.9 Å². The second kappa shape index (κ2) is 13.5. The van der Waals surface area contributed by atoms with Gasteiger partial charge in [-0.3, -0.25) is 4.57 Å². The van der Waals surface area contributed by atoms with Gasteiger partial charge in [-0.15, -0.1) is 0 Å². The molecule has 1 fully saturated rings. The van der Waals surface area contributed by atoms with E-state index in [1.807, 2.05) is 18.4 Å². The zero-order chi connectivity index (χ0) is 34.3. The number of imidazole rings is 1. The minimum Gasteiger partial charge on any atom is -0.494 e. The highest BCUT2D eigenvalue weighted by molar-refractivity contribution is 7.98. The van der Waals surface area contributed by atoms with Crippen LogP contribution in [0.4, 0.5) is 13.2 Å². The van der Waals surface area contributed by atoms with Gasteiger partial charge in [0, 0.05) is 46.4 Å². The van der Waals surface area contributed by atoms with E-state index in [1.54, 1.807) is 30.5 Å². The predicted octanol–water partition coefficient (Wildman–Crippen LogP) is 7.29. The van der Waals surface area contributed by atoms with Crippen molar-refractivity contribution >= 4 is 33.4 Å². The molecule has 0 saturated carbocycles. The maximum Gasteiger partial charge on any atom is 0.243 e. The summed E-state index contributed by atoms with van der Waals surface area (Å²) in [7, 11) is 3.67. The first kappa shape index (κ1) is 35.3. The first-order valence-corrected chi connectivity index (χ1v) is 17.9. The van der Waals surface area contributed by atoms with E-state index in [4.69, 9.17) is 16.3 Å². The molecule has 3 aromatic carbocycles. The number of thioether (sulfide) groups is 1. The minimum absolute atomic E-state index is 0.00275. The van der Waals surface area contributed by atoms with Gasteiger partial charge in [0.25, 0.3) is 0 Å². The summed E-state index contributed by atoms with van der Waals surface area (Å²) in [6, 6.07) is 12.9. The summed E-state index contributed by atoms with van der Waals surface area (Å²) in [6.07, 6.45) is 2.42. The molecule has 2 heterocycles. The molecule has 1 aliphatic rings. The number of hydrogen-bond donors (Lipinski definition) is 0. The molecule has 7 nitrogen and oxygen atoms in total. The second-order valence-electron chi connectivity index (χ2n) is 13.4. The third-order valence-electron chi connectivity index (χ3n) is 8.48. The monoisotopic (exact) mass is 707 g/mol. The van der Waals surface area contributed by atoms with Crippen LogP contribution in [0.3, 0.4) is 0 Å². The Morgan fingerprint density at radius 3 is 2.38 bits per heavy atom. The summed E-state index contributed by atoms with van der Waals surface area (Å²) in [5, 5.41) is 0.471. The fourth-order valence-electron chi connectivity index (χ4n) is 6.01. The third-order valence-corrected chi connectivity index (χ3v) is 11.6. The zero-order valence-electron chi connectivity index (χ0n) is 27.2. The lowest BCUT2D eigenvalue weighted by molar-refractivity contribution is -0.873. The van der Waals surface area contributed by atoms with Gasteiger partial charge in [-0.2, -0.15) is 4.31 Å². The van der Waals surface area contributed by atoms with Crippen molar-refractivity contribution in [2.24, 2.45) is 5.92 Å². The number of methoxy groups -OCH3 is 1. The molecule has 0 amide bonds. The Labute approximate surface area is 284 Å². The number of quaternary nitrogens is 1. The molecule has 0 N–H and O–H groups in total. The van der Waals surface area contributed by atoms with Crippen molar-refractivity contribution in [2.45, 2.75) is 41.5 Å². The van der Waals surface area contributed by atoms with Gasteiger partial charge in [-0.25, -0.2) is 26.6 Å². The topological polar surface area (TPSA) is 64.4 Å². The lowest BCUT2D eigenvalue weighted by atomic mass is 9.81. The Kier molecular flexibility index (Phi) is 10.1. The van der Waals surface area contributed by atoms with Gasteiger partial charge in [0.1, 0.15) is 11.6 Å². The fourth-order valence-corrected chi connectivity index (χ4v) is 9.02. The van der Waals surface area contributed by atoms with Crippen LogP contribution in [0.15, 0.2) is 70.8 Å². The van der Waals surface area contributed by atoms with E-state index in [1.165, 1.54) is 47.4 Å². The Morgan fingerprint density at radius 1 is 1.04 bits per heavy atom. The largest absolute Gasteiger partial charge is 0.494 e. The Bertz CT molecular complexity index is 1850. The first-order valence-electron chi connectivity index (χ1n) is 15.1. The number of benzene rings is 3. The SMILES string of the molecule is COc1cc(C(C)(C)c2cnc(SCc3c(F)cc(S(=O)(=O)N4CC[C@@H](C[N+](C)(C)C)C4)cc3Cl)n2-c2ccc(F)cc2)ccc1F. The van der Waals surface area contributed by atoms with Crippen LogP contribution in [-0.2, 0) is 21.2 Å². The normalized spacial score (nSPS) is 16.2. The number of nitrogens with zero attached hydrogens (tertiary/aromatic N) is 4. The zero-order valence-corrected chi connectivity index (χ0v) is 29.6. The maximum absolute atomic E-state index is 15.6. The molecule has 0 aliphatic carbocycles. The van der Waals surface area contributed by atoms with Gasteiger partial charge in [-0.05, 0) is 60.5 Å². The molecule has 1 atom stereocenters. The van der Waals surface area contributed by atoms with Gasteiger partial charge in [0.2, 0.25) is 10.0 Å². The molecule has 5 rings (SSSR count). The maximum atomic E-state index is 15.6. The summed E-state index contributed by atoms with van der Waals surface area (Å²) in [5.41, 5.74) is 1.50. The molecule has 47 heavy (non-hydrogen) atoms. The van der Waals surface area contributed by atoms with E-state index in [9.17, 15) is 17.2 Å². The molecule has 0 spiro atoms. The Morgan fingerprint density at radius 2 is 1.74 bits per heavy atom. The minimum atomic E-state index is -3.93. The number of hydrogen-bond acceptors (Lipinski definition) is 5. The average molecular weight is 708 g/mol. The predicted molar refractivity (Wildman–Crippen MR) is 179 cm³/mol. The van der Waals surface area contributed by atoms with E-state index >= 15 is 4.39 Å². The number of rotatable bonds is 11. The van der Waals surface area contributed by atoms with Crippen molar-refractivity contribution in [1.29, 1.82) is 0 Å². The van der Waals surface area contributed by atoms with E-state index in [0.29, 0.717) is 29.6 Å². The molecule has 0 bridgehead atoms. The van der Waals surface area contributed by atoms with E-state index in [0.717, 1.165) is 29.1 Å². The Balaban J connectivity index is 1.44.